The van der Waals surface area contributed by atoms with Crippen LogP contribution in [-0.4, -0.2) is 21.3 Å². The fraction of sp³-hybridized carbons (Fsp3) is 1.00. The fourth-order valence-electron chi connectivity index (χ4n) is 2.55. The highest BCUT2D eigenvalue weighted by Crippen LogP contribution is 2.29. The molecule has 4 atom stereocenters. The molecule has 0 heterocycles. The summed E-state index contributed by atoms with van der Waals surface area (Å²) >= 11 is 0. The van der Waals surface area contributed by atoms with Gasteiger partial charge in [0.1, 0.15) is 0 Å². The lowest BCUT2D eigenvalue weighted by Gasteiger charge is -2.33. The second kappa shape index (κ2) is 7.44. The van der Waals surface area contributed by atoms with Gasteiger partial charge in [-0.25, -0.2) is 0 Å². The molecular weight excluding hydrogens is 218 g/mol. The summed E-state index contributed by atoms with van der Waals surface area (Å²) in [5.41, 5.74) is 6.11. The summed E-state index contributed by atoms with van der Waals surface area (Å²) in [6.45, 7) is 4.42. The van der Waals surface area contributed by atoms with Gasteiger partial charge in [-0.1, -0.05) is 33.1 Å². The average molecular weight is 245 g/mol. The molecule has 0 aromatic carbocycles. The van der Waals surface area contributed by atoms with E-state index in [0.717, 1.165) is 30.9 Å². The lowest BCUT2D eigenvalue weighted by Crippen LogP contribution is -2.43. The van der Waals surface area contributed by atoms with Crippen LogP contribution in [0.1, 0.15) is 58.8 Å². The van der Waals surface area contributed by atoms with Crippen molar-refractivity contribution in [2.45, 2.75) is 70.1 Å². The number of nitrogens with two attached hydrogens (primary N) is 1. The molecule has 0 aromatic rings. The van der Waals surface area contributed by atoms with E-state index in [1.54, 1.807) is 0 Å². The summed E-state index contributed by atoms with van der Waals surface area (Å²) in [5.74, 6) is 1.63. The van der Waals surface area contributed by atoms with Crippen LogP contribution < -0.4 is 5.73 Å². The van der Waals surface area contributed by atoms with Gasteiger partial charge in [0.2, 0.25) is 0 Å². The first-order valence-electron chi connectivity index (χ1n) is 6.81. The van der Waals surface area contributed by atoms with E-state index in [9.17, 15) is 4.21 Å². The van der Waals surface area contributed by atoms with E-state index < -0.39 is 10.8 Å². The number of rotatable bonds is 6. The molecule has 1 saturated carbocycles. The molecule has 0 amide bonds. The zero-order chi connectivity index (χ0) is 12.0. The molecule has 96 valence electrons. The van der Waals surface area contributed by atoms with E-state index >= 15 is 0 Å². The SMILES string of the molecule is CCCCCS(=O)C1CC(CC)CCC1N. The van der Waals surface area contributed by atoms with Gasteiger partial charge in [0.25, 0.3) is 0 Å². The molecule has 4 unspecified atom stereocenters. The third kappa shape index (κ3) is 4.17. The Hall–Kier alpha value is 0.110. The van der Waals surface area contributed by atoms with Crippen molar-refractivity contribution in [2.24, 2.45) is 11.7 Å². The Balaban J connectivity index is 2.39. The van der Waals surface area contributed by atoms with Crippen molar-refractivity contribution in [1.82, 2.24) is 0 Å². The molecule has 0 spiro atoms. The predicted octanol–water partition coefficient (Wildman–Crippen LogP) is 2.83. The third-order valence-corrected chi connectivity index (χ3v) is 5.72. The molecule has 1 rings (SSSR count). The minimum absolute atomic E-state index is 0.185. The van der Waals surface area contributed by atoms with Gasteiger partial charge in [-0.2, -0.15) is 0 Å². The second-order valence-corrected chi connectivity index (χ2v) is 6.86. The molecule has 0 bridgehead atoms. The Morgan fingerprint density at radius 3 is 2.62 bits per heavy atom. The van der Waals surface area contributed by atoms with Crippen LogP contribution in [0.3, 0.4) is 0 Å². The molecule has 0 aromatic heterocycles. The first-order chi connectivity index (χ1) is 7.69. The molecule has 16 heavy (non-hydrogen) atoms. The molecule has 0 saturated heterocycles. The van der Waals surface area contributed by atoms with Crippen LogP contribution in [0.15, 0.2) is 0 Å². The Bertz CT molecular complexity index is 220. The molecular formula is C13H27NOS. The van der Waals surface area contributed by atoms with E-state index in [-0.39, 0.29) is 11.3 Å². The van der Waals surface area contributed by atoms with Gasteiger partial charge in [-0.05, 0) is 31.6 Å². The fourth-order valence-corrected chi connectivity index (χ4v) is 4.36. The Morgan fingerprint density at radius 1 is 1.25 bits per heavy atom. The molecule has 1 aliphatic rings. The van der Waals surface area contributed by atoms with E-state index in [0.29, 0.717) is 0 Å². The van der Waals surface area contributed by atoms with Crippen molar-refractivity contribution in [3.8, 4) is 0 Å². The maximum absolute atomic E-state index is 12.2. The first-order valence-corrected chi connectivity index (χ1v) is 8.20. The number of hydrogen-bond acceptors (Lipinski definition) is 2. The summed E-state index contributed by atoms with van der Waals surface area (Å²) in [6.07, 6.45) is 8.12. The van der Waals surface area contributed by atoms with Gasteiger partial charge in [0.05, 0.1) is 5.25 Å². The quantitative estimate of drug-likeness (QED) is 0.731. The lowest BCUT2D eigenvalue weighted by molar-refractivity contribution is 0.324. The normalized spacial score (nSPS) is 32.6. The molecule has 3 heteroatoms. The first kappa shape index (κ1) is 14.2. The van der Waals surface area contributed by atoms with E-state index in [1.807, 2.05) is 0 Å². The largest absolute Gasteiger partial charge is 0.327 e. The lowest BCUT2D eigenvalue weighted by atomic mass is 9.84. The molecule has 0 aliphatic heterocycles. The summed E-state index contributed by atoms with van der Waals surface area (Å²) < 4.78 is 12.2. The summed E-state index contributed by atoms with van der Waals surface area (Å²) in [6, 6.07) is 0.185. The average Bonchev–Trinajstić information content (AvgIpc) is 2.30. The van der Waals surface area contributed by atoms with Crippen LogP contribution >= 0.6 is 0 Å². The summed E-state index contributed by atoms with van der Waals surface area (Å²) in [5, 5.41) is 0.274. The Labute approximate surface area is 103 Å². The molecule has 2 N–H and O–H groups in total. The van der Waals surface area contributed by atoms with E-state index in [1.165, 1.54) is 25.7 Å². The highest BCUT2D eigenvalue weighted by atomic mass is 32.2. The van der Waals surface area contributed by atoms with E-state index in [2.05, 4.69) is 13.8 Å². The molecule has 1 fully saturated rings. The van der Waals surface area contributed by atoms with Crippen LogP contribution in [0.4, 0.5) is 0 Å². The van der Waals surface area contributed by atoms with Crippen molar-refractivity contribution in [3.63, 3.8) is 0 Å². The summed E-state index contributed by atoms with van der Waals surface area (Å²) in [4.78, 5) is 0. The zero-order valence-corrected chi connectivity index (χ0v) is 11.6. The minimum Gasteiger partial charge on any atom is -0.327 e. The van der Waals surface area contributed by atoms with Gasteiger partial charge in [-0.3, -0.25) is 4.21 Å². The standard InChI is InChI=1S/C13H27NOS/c1-3-5-6-9-16(15)13-10-11(4-2)7-8-12(13)14/h11-13H,3-10,14H2,1-2H3. The monoisotopic (exact) mass is 245 g/mol. The van der Waals surface area contributed by atoms with Crippen LogP contribution in [0.25, 0.3) is 0 Å². The zero-order valence-electron chi connectivity index (χ0n) is 10.8. The van der Waals surface area contributed by atoms with Crippen molar-refractivity contribution >= 4 is 10.8 Å². The van der Waals surface area contributed by atoms with Crippen LogP contribution in [-0.2, 0) is 10.8 Å². The maximum Gasteiger partial charge on any atom is 0.0501 e. The van der Waals surface area contributed by atoms with Gasteiger partial charge in [0, 0.05) is 22.6 Å². The summed E-state index contributed by atoms with van der Waals surface area (Å²) in [7, 11) is -0.685. The Morgan fingerprint density at radius 2 is 2.00 bits per heavy atom. The third-order valence-electron chi connectivity index (χ3n) is 3.82. The topological polar surface area (TPSA) is 43.1 Å². The molecule has 0 radical (unpaired) electrons. The van der Waals surface area contributed by atoms with Crippen LogP contribution in [0.5, 0.6) is 0 Å². The van der Waals surface area contributed by atoms with Crippen molar-refractivity contribution in [1.29, 1.82) is 0 Å². The Kier molecular flexibility index (Phi) is 6.59. The van der Waals surface area contributed by atoms with Gasteiger partial charge < -0.3 is 5.73 Å². The highest BCUT2D eigenvalue weighted by Gasteiger charge is 2.31. The highest BCUT2D eigenvalue weighted by molar-refractivity contribution is 7.85. The van der Waals surface area contributed by atoms with E-state index in [4.69, 9.17) is 5.73 Å². The van der Waals surface area contributed by atoms with Crippen molar-refractivity contribution in [2.75, 3.05) is 5.75 Å². The number of hydrogen-bond donors (Lipinski definition) is 1. The minimum atomic E-state index is -0.685. The maximum atomic E-state index is 12.2. The van der Waals surface area contributed by atoms with Crippen molar-refractivity contribution in [3.05, 3.63) is 0 Å². The smallest absolute Gasteiger partial charge is 0.0501 e. The van der Waals surface area contributed by atoms with Crippen LogP contribution in [0.2, 0.25) is 0 Å². The van der Waals surface area contributed by atoms with Gasteiger partial charge in [0.15, 0.2) is 0 Å². The second-order valence-electron chi connectivity index (χ2n) is 5.08. The van der Waals surface area contributed by atoms with Gasteiger partial charge in [-0.15, -0.1) is 0 Å². The van der Waals surface area contributed by atoms with Gasteiger partial charge >= 0.3 is 0 Å². The predicted molar refractivity (Wildman–Crippen MR) is 71.9 cm³/mol. The molecule has 1 aliphatic carbocycles. The molecule has 2 nitrogen and oxygen atoms in total. The van der Waals surface area contributed by atoms with Crippen molar-refractivity contribution < 1.29 is 4.21 Å². The van der Waals surface area contributed by atoms with Crippen LogP contribution in [0, 0.1) is 5.92 Å². The number of unbranched alkanes of at least 4 members (excludes halogenated alkanes) is 2.